The van der Waals surface area contributed by atoms with Gasteiger partial charge in [0.05, 0.1) is 34.9 Å². The lowest BCUT2D eigenvalue weighted by atomic mass is 10.0. The van der Waals surface area contributed by atoms with Crippen molar-refractivity contribution in [1.29, 1.82) is 0 Å². The van der Waals surface area contributed by atoms with E-state index < -0.39 is 10.0 Å². The van der Waals surface area contributed by atoms with Gasteiger partial charge in [0.15, 0.2) is 18.3 Å². The number of fused-ring (bicyclic) bond motifs is 6. The Morgan fingerprint density at radius 3 is 2.76 bits per heavy atom. The SMILES string of the molecule is CNC(=O)c1c(C2=CCCC2)oc2cc(N(C)S(C)(=O)=O)c(-c3ncc4c(n3)-c3cc5ccccc5n3CO4)cc12. The van der Waals surface area contributed by atoms with E-state index in [0.717, 1.165) is 47.7 Å². The first-order valence-electron chi connectivity index (χ1n) is 13.3. The summed E-state index contributed by atoms with van der Waals surface area (Å²) in [4.78, 5) is 22.7. The number of anilines is 1. The van der Waals surface area contributed by atoms with Crippen LogP contribution in [-0.2, 0) is 16.8 Å². The lowest BCUT2D eigenvalue weighted by Crippen LogP contribution is -2.25. The number of nitrogens with zero attached hydrogens (tertiary/aromatic N) is 4. The van der Waals surface area contributed by atoms with Crippen LogP contribution in [0.2, 0.25) is 0 Å². The fraction of sp³-hybridized carbons (Fsp3) is 0.233. The molecule has 0 unspecified atom stereocenters. The van der Waals surface area contributed by atoms with Crippen LogP contribution in [0.4, 0.5) is 5.69 Å². The predicted octanol–water partition coefficient (Wildman–Crippen LogP) is 5.18. The summed E-state index contributed by atoms with van der Waals surface area (Å²) < 4.78 is 40.9. The third-order valence-corrected chi connectivity index (χ3v) is 9.02. The first kappa shape index (κ1) is 25.3. The van der Waals surface area contributed by atoms with Crippen molar-refractivity contribution >= 4 is 49.1 Å². The van der Waals surface area contributed by atoms with Gasteiger partial charge in [-0.2, -0.15) is 0 Å². The van der Waals surface area contributed by atoms with Crippen LogP contribution in [0.3, 0.4) is 0 Å². The highest BCUT2D eigenvalue weighted by Gasteiger charge is 2.29. The smallest absolute Gasteiger partial charge is 0.255 e. The average molecular weight is 570 g/mol. The zero-order chi connectivity index (χ0) is 28.5. The van der Waals surface area contributed by atoms with Crippen molar-refractivity contribution in [2.24, 2.45) is 0 Å². The monoisotopic (exact) mass is 569 g/mol. The molecule has 0 radical (unpaired) electrons. The minimum Gasteiger partial charge on any atom is -0.469 e. The molecule has 1 N–H and O–H groups in total. The Kier molecular flexibility index (Phi) is 5.69. The van der Waals surface area contributed by atoms with Crippen molar-refractivity contribution in [2.75, 3.05) is 24.7 Å². The molecule has 41 heavy (non-hydrogen) atoms. The van der Waals surface area contributed by atoms with Crippen LogP contribution in [-0.4, -0.2) is 49.2 Å². The van der Waals surface area contributed by atoms with Gasteiger partial charge in [0, 0.05) is 36.5 Å². The quantitative estimate of drug-likeness (QED) is 0.310. The van der Waals surface area contributed by atoms with Crippen molar-refractivity contribution in [3.05, 3.63) is 66.1 Å². The molecule has 10 nitrogen and oxygen atoms in total. The van der Waals surface area contributed by atoms with Crippen molar-refractivity contribution in [1.82, 2.24) is 19.9 Å². The molecular formula is C30H27N5O5S. The molecule has 3 aromatic heterocycles. The topological polar surface area (TPSA) is 120 Å². The second-order valence-corrected chi connectivity index (χ2v) is 12.3. The van der Waals surface area contributed by atoms with Gasteiger partial charge in [-0.05, 0) is 43.0 Å². The van der Waals surface area contributed by atoms with Crippen molar-refractivity contribution in [3.63, 3.8) is 0 Å². The number of nitrogens with one attached hydrogen (secondary N) is 1. The van der Waals surface area contributed by atoms with Gasteiger partial charge in [0.2, 0.25) is 10.0 Å². The number of carbonyl (C=O) groups is 1. The van der Waals surface area contributed by atoms with E-state index in [0.29, 0.717) is 57.5 Å². The van der Waals surface area contributed by atoms with Crippen LogP contribution in [0.5, 0.6) is 5.75 Å². The summed E-state index contributed by atoms with van der Waals surface area (Å²) >= 11 is 0. The van der Waals surface area contributed by atoms with Gasteiger partial charge in [-0.3, -0.25) is 9.10 Å². The number of carbonyl (C=O) groups excluding carboxylic acids is 1. The minimum atomic E-state index is -3.66. The molecule has 0 spiro atoms. The standard InChI is InChI=1S/C30H27N5O5S/c1-31-30(36)26-20-13-19(22(34(2)41(3,37)38)14-24(20)40-28(26)17-8-4-5-9-17)29-32-15-25-27(33-29)23-12-18-10-6-7-11-21(18)35(23)16-39-25/h6-8,10-15H,4-5,9,16H2,1-3H3,(H,31,36). The zero-order valence-corrected chi connectivity index (χ0v) is 23.6. The number of para-hydroxylation sites is 1. The van der Waals surface area contributed by atoms with E-state index in [2.05, 4.69) is 22.4 Å². The first-order chi connectivity index (χ1) is 19.7. The molecule has 0 atom stereocenters. The molecule has 1 amide bonds. The molecule has 208 valence electrons. The van der Waals surface area contributed by atoms with E-state index in [1.165, 1.54) is 11.4 Å². The summed E-state index contributed by atoms with van der Waals surface area (Å²) in [5, 5.41) is 4.34. The number of benzene rings is 2. The Labute approximate surface area is 236 Å². The number of ether oxygens (including phenoxy) is 1. The zero-order valence-electron chi connectivity index (χ0n) is 22.8. The van der Waals surface area contributed by atoms with E-state index in [1.807, 2.05) is 28.8 Å². The largest absolute Gasteiger partial charge is 0.469 e. The second kappa shape index (κ2) is 9.20. The van der Waals surface area contributed by atoms with Crippen molar-refractivity contribution in [2.45, 2.75) is 26.0 Å². The summed E-state index contributed by atoms with van der Waals surface area (Å²) in [5.41, 5.74) is 5.06. The molecule has 5 aromatic rings. The molecule has 2 aliphatic rings. The van der Waals surface area contributed by atoms with Gasteiger partial charge in [0.1, 0.15) is 17.0 Å². The second-order valence-electron chi connectivity index (χ2n) is 10.3. The highest BCUT2D eigenvalue weighted by atomic mass is 32.2. The number of allylic oxidation sites excluding steroid dienone is 2. The van der Waals surface area contributed by atoms with Crippen LogP contribution in [0.1, 0.15) is 35.4 Å². The van der Waals surface area contributed by atoms with Gasteiger partial charge >= 0.3 is 0 Å². The molecule has 1 aliphatic heterocycles. The van der Waals surface area contributed by atoms with Crippen molar-refractivity contribution < 1.29 is 22.4 Å². The Balaban J connectivity index is 1.49. The van der Waals surface area contributed by atoms with E-state index in [-0.39, 0.29) is 5.91 Å². The fourth-order valence-electron chi connectivity index (χ4n) is 5.67. The van der Waals surface area contributed by atoms with Gasteiger partial charge in [0.25, 0.3) is 5.91 Å². The van der Waals surface area contributed by atoms with Crippen LogP contribution < -0.4 is 14.4 Å². The van der Waals surface area contributed by atoms with Crippen LogP contribution in [0.25, 0.3) is 50.2 Å². The first-order valence-corrected chi connectivity index (χ1v) is 15.1. The molecule has 11 heteroatoms. The van der Waals surface area contributed by atoms with Crippen molar-refractivity contribution in [3.8, 4) is 28.5 Å². The summed E-state index contributed by atoms with van der Waals surface area (Å²) in [6, 6.07) is 13.5. The van der Waals surface area contributed by atoms with E-state index >= 15 is 0 Å². The summed E-state index contributed by atoms with van der Waals surface area (Å²) in [5.74, 6) is 1.05. The molecule has 0 saturated carbocycles. The molecular weight excluding hydrogens is 542 g/mol. The highest BCUT2D eigenvalue weighted by molar-refractivity contribution is 7.92. The Hall–Kier alpha value is -4.64. The van der Waals surface area contributed by atoms with Gasteiger partial charge < -0.3 is 19.0 Å². The van der Waals surface area contributed by atoms with Crippen LogP contribution >= 0.6 is 0 Å². The Morgan fingerprint density at radius 2 is 2.00 bits per heavy atom. The maximum Gasteiger partial charge on any atom is 0.255 e. The molecule has 0 saturated heterocycles. The van der Waals surface area contributed by atoms with Crippen LogP contribution in [0.15, 0.2) is 59.2 Å². The number of sulfonamides is 1. The maximum atomic E-state index is 13.2. The predicted molar refractivity (Wildman–Crippen MR) is 157 cm³/mol. The lowest BCUT2D eigenvalue weighted by Gasteiger charge is -2.22. The summed E-state index contributed by atoms with van der Waals surface area (Å²) in [7, 11) is -0.611. The number of hydrogen-bond acceptors (Lipinski definition) is 7. The molecule has 1 aliphatic carbocycles. The highest BCUT2D eigenvalue weighted by Crippen LogP contribution is 2.43. The summed E-state index contributed by atoms with van der Waals surface area (Å²) in [6.07, 6.45) is 7.52. The third-order valence-electron chi connectivity index (χ3n) is 7.83. The van der Waals surface area contributed by atoms with Gasteiger partial charge in [-0.25, -0.2) is 18.4 Å². The minimum absolute atomic E-state index is 0.286. The average Bonchev–Trinajstić information content (AvgIpc) is 3.72. The van der Waals surface area contributed by atoms with E-state index in [4.69, 9.17) is 14.1 Å². The molecule has 0 bridgehead atoms. The fourth-order valence-corrected chi connectivity index (χ4v) is 6.18. The normalized spacial score (nSPS) is 14.5. The maximum absolute atomic E-state index is 13.2. The third kappa shape index (κ3) is 3.99. The summed E-state index contributed by atoms with van der Waals surface area (Å²) in [6.45, 7) is 0.329. The van der Waals surface area contributed by atoms with Gasteiger partial charge in [-0.15, -0.1) is 0 Å². The number of aromatic nitrogens is 3. The Morgan fingerprint density at radius 1 is 1.17 bits per heavy atom. The molecule has 2 aromatic carbocycles. The lowest BCUT2D eigenvalue weighted by molar-refractivity contribution is 0.0963. The van der Waals surface area contributed by atoms with Crippen LogP contribution in [0, 0.1) is 0 Å². The molecule has 0 fully saturated rings. The van der Waals surface area contributed by atoms with Gasteiger partial charge in [-0.1, -0.05) is 24.3 Å². The number of furan rings is 1. The number of hydrogen-bond donors (Lipinski definition) is 1. The number of amides is 1. The van der Waals surface area contributed by atoms with E-state index in [9.17, 15) is 13.2 Å². The molecule has 7 rings (SSSR count). The Bertz CT molecular complexity index is 2040. The number of rotatable bonds is 5. The van der Waals surface area contributed by atoms with E-state index in [1.54, 1.807) is 25.4 Å². The molecule has 4 heterocycles.